The van der Waals surface area contributed by atoms with Gasteiger partial charge in [-0.25, -0.2) is 0 Å². The zero-order valence-electron chi connectivity index (χ0n) is 17.3. The summed E-state index contributed by atoms with van der Waals surface area (Å²) in [5.41, 5.74) is 1.35. The highest BCUT2D eigenvalue weighted by atomic mass is 79.9. The van der Waals surface area contributed by atoms with Gasteiger partial charge in [-0.05, 0) is 81.1 Å². The fourth-order valence-electron chi connectivity index (χ4n) is 6.46. The molecule has 158 valence electrons. The first-order valence-corrected chi connectivity index (χ1v) is 11.8. The van der Waals surface area contributed by atoms with Crippen molar-refractivity contribution in [3.8, 4) is 0 Å². The van der Waals surface area contributed by atoms with Gasteiger partial charge in [-0.3, -0.25) is 9.59 Å². The molecule has 4 fully saturated rings. The number of nitrogens with one attached hydrogen (secondary N) is 1. The summed E-state index contributed by atoms with van der Waals surface area (Å²) < 4.78 is 5.61. The van der Waals surface area contributed by atoms with Gasteiger partial charge in [0.15, 0.2) is 6.61 Å². The molecule has 4 aliphatic carbocycles. The van der Waals surface area contributed by atoms with Gasteiger partial charge in [-0.15, -0.1) is 0 Å². The third-order valence-corrected chi connectivity index (χ3v) is 8.04. The van der Waals surface area contributed by atoms with Crippen LogP contribution >= 0.6 is 15.9 Å². The van der Waals surface area contributed by atoms with Crippen LogP contribution in [0.3, 0.4) is 0 Å². The maximum atomic E-state index is 12.5. The zero-order valence-corrected chi connectivity index (χ0v) is 18.9. The summed E-state index contributed by atoms with van der Waals surface area (Å²) in [6.07, 6.45) is 9.45. The van der Waals surface area contributed by atoms with Gasteiger partial charge in [0.25, 0.3) is 5.91 Å². The number of rotatable bonds is 8. The number of halogens is 1. The van der Waals surface area contributed by atoms with Crippen LogP contribution in [0.15, 0.2) is 30.3 Å². The maximum Gasteiger partial charge on any atom is 0.306 e. The van der Waals surface area contributed by atoms with Crippen LogP contribution in [0.2, 0.25) is 0 Å². The zero-order chi connectivity index (χ0) is 20.5. The van der Waals surface area contributed by atoms with Crippen LogP contribution in [-0.2, 0) is 20.7 Å². The second-order valence-electron chi connectivity index (χ2n) is 9.94. The molecule has 0 spiro atoms. The van der Waals surface area contributed by atoms with E-state index < -0.39 is 0 Å². The smallest absolute Gasteiger partial charge is 0.306 e. The minimum absolute atomic E-state index is 0.0535. The molecule has 0 aliphatic heterocycles. The van der Waals surface area contributed by atoms with E-state index >= 15 is 0 Å². The number of amides is 1. The van der Waals surface area contributed by atoms with Crippen LogP contribution in [-0.4, -0.2) is 28.8 Å². The molecule has 3 atom stereocenters. The summed E-state index contributed by atoms with van der Waals surface area (Å²) in [6.45, 7) is 1.82. The lowest BCUT2D eigenvalue weighted by molar-refractivity contribution is -0.154. The van der Waals surface area contributed by atoms with Gasteiger partial charge in [-0.2, -0.15) is 0 Å². The van der Waals surface area contributed by atoms with E-state index in [1.165, 1.54) is 24.8 Å². The Bertz CT molecular complexity index is 736. The molecular formula is C24H32BrNO3. The number of aryl methyl sites for hydroxylation is 1. The molecule has 0 heterocycles. The first-order valence-electron chi connectivity index (χ1n) is 11.0. The fourth-order valence-corrected chi connectivity index (χ4v) is 7.97. The standard InChI is InChI=1S/C24H32BrNO3/c1-17(7-8-18-5-3-2-4-6-18)26-21(27)15-29-22(28)14-23-10-19-9-20(11-23)13-24(25,12-19)16-23/h2-6,17,19-20H,7-16H2,1H3,(H,26,27). The number of alkyl halides is 1. The summed E-state index contributed by atoms with van der Waals surface area (Å²) >= 11 is 3.99. The molecule has 0 aromatic heterocycles. The van der Waals surface area contributed by atoms with Gasteiger partial charge < -0.3 is 10.1 Å². The lowest BCUT2D eigenvalue weighted by Gasteiger charge is -2.60. The third-order valence-electron chi connectivity index (χ3n) is 7.11. The van der Waals surface area contributed by atoms with Gasteiger partial charge in [0.1, 0.15) is 0 Å². The van der Waals surface area contributed by atoms with Crippen molar-refractivity contribution in [1.29, 1.82) is 0 Å². The average molecular weight is 462 g/mol. The van der Waals surface area contributed by atoms with Crippen molar-refractivity contribution in [3.63, 3.8) is 0 Å². The molecule has 0 saturated heterocycles. The van der Waals surface area contributed by atoms with Gasteiger partial charge in [-0.1, -0.05) is 46.3 Å². The molecule has 4 saturated carbocycles. The molecule has 3 unspecified atom stereocenters. The van der Waals surface area contributed by atoms with E-state index in [0.29, 0.717) is 6.42 Å². The largest absolute Gasteiger partial charge is 0.456 e. The van der Waals surface area contributed by atoms with Gasteiger partial charge in [0, 0.05) is 10.4 Å². The van der Waals surface area contributed by atoms with Crippen molar-refractivity contribution in [1.82, 2.24) is 5.32 Å². The molecule has 1 amide bonds. The summed E-state index contributed by atoms with van der Waals surface area (Å²) in [5, 5.41) is 2.95. The molecule has 0 radical (unpaired) electrons. The van der Waals surface area contributed by atoms with Crippen molar-refractivity contribution < 1.29 is 14.3 Å². The van der Waals surface area contributed by atoms with Gasteiger partial charge >= 0.3 is 5.97 Å². The maximum absolute atomic E-state index is 12.5. The number of esters is 1. The predicted molar refractivity (Wildman–Crippen MR) is 117 cm³/mol. The second kappa shape index (κ2) is 8.41. The fraction of sp³-hybridized carbons (Fsp3) is 0.667. The Balaban J connectivity index is 1.19. The first kappa shape index (κ1) is 20.9. The number of carbonyl (C=O) groups is 2. The van der Waals surface area contributed by atoms with E-state index in [2.05, 4.69) is 33.4 Å². The Labute approximate surface area is 182 Å². The van der Waals surface area contributed by atoms with Crippen LogP contribution in [0.4, 0.5) is 0 Å². The minimum Gasteiger partial charge on any atom is -0.456 e. The van der Waals surface area contributed by atoms with E-state index in [1.54, 1.807) is 0 Å². The predicted octanol–water partition coefficient (Wildman–Crippen LogP) is 4.79. The minimum atomic E-state index is -0.213. The van der Waals surface area contributed by atoms with Crippen molar-refractivity contribution in [2.45, 2.75) is 75.1 Å². The SMILES string of the molecule is CC(CCc1ccccc1)NC(=O)COC(=O)CC12CC3CC(CC(Br)(C3)C1)C2. The lowest BCUT2D eigenvalue weighted by Crippen LogP contribution is -2.53. The number of ether oxygens (including phenoxy) is 1. The summed E-state index contributed by atoms with van der Waals surface area (Å²) in [6, 6.07) is 10.3. The lowest BCUT2D eigenvalue weighted by atomic mass is 9.49. The number of carbonyl (C=O) groups excluding carboxylic acids is 2. The van der Waals surface area contributed by atoms with E-state index in [1.807, 2.05) is 25.1 Å². The van der Waals surface area contributed by atoms with Gasteiger partial charge in [0.2, 0.25) is 0 Å². The quantitative estimate of drug-likeness (QED) is 0.447. The number of hydrogen-bond acceptors (Lipinski definition) is 3. The first-order chi connectivity index (χ1) is 13.8. The highest BCUT2D eigenvalue weighted by molar-refractivity contribution is 9.10. The van der Waals surface area contributed by atoms with Crippen LogP contribution in [0, 0.1) is 17.3 Å². The molecule has 4 aliphatic rings. The molecule has 29 heavy (non-hydrogen) atoms. The van der Waals surface area contributed by atoms with Crippen molar-refractivity contribution in [2.75, 3.05) is 6.61 Å². The van der Waals surface area contributed by atoms with E-state index in [4.69, 9.17) is 4.74 Å². The Morgan fingerprint density at radius 2 is 1.86 bits per heavy atom. The summed E-state index contributed by atoms with van der Waals surface area (Å²) in [7, 11) is 0. The van der Waals surface area contributed by atoms with Crippen LogP contribution < -0.4 is 5.32 Å². The number of hydrogen-bond donors (Lipinski definition) is 1. The highest BCUT2D eigenvalue weighted by Crippen LogP contribution is 2.65. The molecule has 1 N–H and O–H groups in total. The Hall–Kier alpha value is -1.36. The van der Waals surface area contributed by atoms with Gasteiger partial charge in [0.05, 0.1) is 6.42 Å². The highest BCUT2D eigenvalue weighted by Gasteiger charge is 2.57. The number of benzene rings is 1. The average Bonchev–Trinajstić information content (AvgIpc) is 2.63. The topological polar surface area (TPSA) is 55.4 Å². The van der Waals surface area contributed by atoms with E-state index in [0.717, 1.165) is 43.9 Å². The van der Waals surface area contributed by atoms with Crippen LogP contribution in [0.5, 0.6) is 0 Å². The molecule has 1 aromatic carbocycles. The second-order valence-corrected chi connectivity index (χ2v) is 11.6. The molecule has 4 bridgehead atoms. The normalized spacial score (nSPS) is 33.3. The Kier molecular flexibility index (Phi) is 6.06. The molecule has 5 rings (SSSR count). The molecule has 4 nitrogen and oxygen atoms in total. The molecule has 5 heteroatoms. The Morgan fingerprint density at radius 1 is 1.17 bits per heavy atom. The van der Waals surface area contributed by atoms with Crippen molar-refractivity contribution >= 4 is 27.8 Å². The van der Waals surface area contributed by atoms with E-state index in [-0.39, 0.29) is 34.3 Å². The van der Waals surface area contributed by atoms with Crippen molar-refractivity contribution in [2.24, 2.45) is 17.3 Å². The summed E-state index contributed by atoms with van der Waals surface area (Å²) in [4.78, 5) is 24.7. The summed E-state index contributed by atoms with van der Waals surface area (Å²) in [5.74, 6) is 1.07. The van der Waals surface area contributed by atoms with Crippen LogP contribution in [0.25, 0.3) is 0 Å². The van der Waals surface area contributed by atoms with Crippen LogP contribution in [0.1, 0.15) is 63.9 Å². The van der Waals surface area contributed by atoms with E-state index in [9.17, 15) is 9.59 Å². The monoisotopic (exact) mass is 461 g/mol. The molecular weight excluding hydrogens is 430 g/mol. The third kappa shape index (κ3) is 5.22. The van der Waals surface area contributed by atoms with Crippen molar-refractivity contribution in [3.05, 3.63) is 35.9 Å². The Morgan fingerprint density at radius 3 is 2.52 bits per heavy atom. The molecule has 1 aromatic rings.